The first-order valence-electron chi connectivity index (χ1n) is 10.0. The Balaban J connectivity index is 1.61. The highest BCUT2D eigenvalue weighted by Gasteiger charge is 2.10. The molecule has 3 aromatic rings. The van der Waals surface area contributed by atoms with Gasteiger partial charge in [0.2, 0.25) is 5.91 Å². The number of rotatable bonds is 7. The van der Waals surface area contributed by atoms with E-state index in [1.54, 1.807) is 48.5 Å². The van der Waals surface area contributed by atoms with Crippen molar-refractivity contribution in [3.8, 4) is 11.8 Å². The lowest BCUT2D eigenvalue weighted by Crippen LogP contribution is -2.13. The molecule has 6 heteroatoms. The summed E-state index contributed by atoms with van der Waals surface area (Å²) in [5.74, 6) is 0.00692. The van der Waals surface area contributed by atoms with Gasteiger partial charge in [0.25, 0.3) is 5.91 Å². The van der Waals surface area contributed by atoms with Crippen LogP contribution in [0.2, 0.25) is 0 Å². The minimum absolute atomic E-state index is 0.0238. The van der Waals surface area contributed by atoms with Gasteiger partial charge < -0.3 is 15.4 Å². The van der Waals surface area contributed by atoms with Crippen LogP contribution >= 0.6 is 0 Å². The molecule has 0 atom stereocenters. The van der Waals surface area contributed by atoms with Gasteiger partial charge >= 0.3 is 0 Å². The molecular formula is C26H23N3O3. The summed E-state index contributed by atoms with van der Waals surface area (Å²) in [5.41, 5.74) is 4.10. The second-order valence-electron chi connectivity index (χ2n) is 7.23. The SMILES string of the molecule is CC(=O)Nc1ccc(NC(=O)/C(C#N)=C\c2ccc(OCc3ccc(C)cc3)cc2)cc1. The van der Waals surface area contributed by atoms with Gasteiger partial charge in [-0.05, 0) is 60.5 Å². The van der Waals surface area contributed by atoms with Gasteiger partial charge in [0.1, 0.15) is 24.0 Å². The molecule has 160 valence electrons. The number of amides is 2. The number of nitriles is 1. The molecule has 0 aromatic heterocycles. The third-order valence-electron chi connectivity index (χ3n) is 4.55. The molecule has 6 nitrogen and oxygen atoms in total. The standard InChI is InChI=1S/C26H23N3O3/c1-18-3-5-21(6-4-18)17-32-25-13-7-20(8-14-25)15-22(16-27)26(31)29-24-11-9-23(10-12-24)28-19(2)30/h3-15H,17H2,1-2H3,(H,28,30)(H,29,31)/b22-15-. The number of hydrogen-bond donors (Lipinski definition) is 2. The van der Waals surface area contributed by atoms with Gasteiger partial charge in [-0.25, -0.2) is 0 Å². The third-order valence-corrected chi connectivity index (χ3v) is 4.55. The highest BCUT2D eigenvalue weighted by atomic mass is 16.5. The molecule has 0 bridgehead atoms. The van der Waals surface area contributed by atoms with Crippen molar-refractivity contribution in [2.24, 2.45) is 0 Å². The van der Waals surface area contributed by atoms with E-state index in [-0.39, 0.29) is 11.5 Å². The van der Waals surface area contributed by atoms with E-state index in [2.05, 4.69) is 10.6 Å². The zero-order valence-corrected chi connectivity index (χ0v) is 17.9. The fourth-order valence-electron chi connectivity index (χ4n) is 2.87. The summed E-state index contributed by atoms with van der Waals surface area (Å²) in [6.07, 6.45) is 1.52. The normalized spacial score (nSPS) is 10.7. The van der Waals surface area contributed by atoms with Crippen LogP contribution in [-0.2, 0) is 16.2 Å². The second kappa shape index (κ2) is 10.6. The fraction of sp³-hybridized carbons (Fsp3) is 0.115. The molecule has 0 saturated heterocycles. The van der Waals surface area contributed by atoms with E-state index in [0.717, 1.165) is 5.56 Å². The lowest BCUT2D eigenvalue weighted by atomic mass is 10.1. The molecule has 0 radical (unpaired) electrons. The first kappa shape index (κ1) is 22.3. The van der Waals surface area contributed by atoms with Crippen LogP contribution in [-0.4, -0.2) is 11.8 Å². The average Bonchev–Trinajstić information content (AvgIpc) is 2.79. The van der Waals surface area contributed by atoms with E-state index in [1.165, 1.54) is 18.6 Å². The quantitative estimate of drug-likeness (QED) is 0.408. The molecule has 0 aliphatic rings. The molecule has 32 heavy (non-hydrogen) atoms. The summed E-state index contributed by atoms with van der Waals surface area (Å²) in [7, 11) is 0. The Hall–Kier alpha value is -4.37. The minimum Gasteiger partial charge on any atom is -0.489 e. The average molecular weight is 425 g/mol. The Morgan fingerprint density at radius 1 is 0.906 bits per heavy atom. The Kier molecular flexibility index (Phi) is 7.39. The lowest BCUT2D eigenvalue weighted by Gasteiger charge is -2.08. The van der Waals surface area contributed by atoms with E-state index in [0.29, 0.717) is 29.3 Å². The van der Waals surface area contributed by atoms with E-state index >= 15 is 0 Å². The van der Waals surface area contributed by atoms with Gasteiger partial charge in [-0.1, -0.05) is 42.0 Å². The van der Waals surface area contributed by atoms with Gasteiger partial charge in [0.05, 0.1) is 0 Å². The first-order valence-corrected chi connectivity index (χ1v) is 10.0. The Morgan fingerprint density at radius 2 is 1.50 bits per heavy atom. The molecule has 0 heterocycles. The minimum atomic E-state index is -0.514. The summed E-state index contributed by atoms with van der Waals surface area (Å²) in [6.45, 7) is 3.92. The van der Waals surface area contributed by atoms with Gasteiger partial charge in [-0.2, -0.15) is 5.26 Å². The highest BCUT2D eigenvalue weighted by molar-refractivity contribution is 6.09. The van der Waals surface area contributed by atoms with Crippen molar-refractivity contribution in [3.05, 3.63) is 95.1 Å². The summed E-state index contributed by atoms with van der Waals surface area (Å²) < 4.78 is 5.79. The van der Waals surface area contributed by atoms with Crippen molar-refractivity contribution < 1.29 is 14.3 Å². The molecule has 0 spiro atoms. The zero-order chi connectivity index (χ0) is 22.9. The maximum Gasteiger partial charge on any atom is 0.266 e. The number of anilines is 2. The Labute approximate surface area is 187 Å². The summed E-state index contributed by atoms with van der Waals surface area (Å²) in [6, 6.07) is 23.9. The van der Waals surface area contributed by atoms with Gasteiger partial charge in [0.15, 0.2) is 0 Å². The van der Waals surface area contributed by atoms with Crippen LogP contribution in [0, 0.1) is 18.3 Å². The molecule has 2 N–H and O–H groups in total. The summed E-state index contributed by atoms with van der Waals surface area (Å²) >= 11 is 0. The molecule has 0 saturated carbocycles. The van der Waals surface area contributed by atoms with Crippen molar-refractivity contribution in [1.29, 1.82) is 5.26 Å². The van der Waals surface area contributed by atoms with Crippen LogP contribution in [0.1, 0.15) is 23.6 Å². The third kappa shape index (κ3) is 6.57. The predicted molar refractivity (Wildman–Crippen MR) is 125 cm³/mol. The Bertz CT molecular complexity index is 1160. The van der Waals surface area contributed by atoms with Crippen molar-refractivity contribution >= 4 is 29.3 Å². The lowest BCUT2D eigenvalue weighted by molar-refractivity contribution is -0.114. The maximum absolute atomic E-state index is 12.5. The topological polar surface area (TPSA) is 91.2 Å². The number of nitrogens with one attached hydrogen (secondary N) is 2. The summed E-state index contributed by atoms with van der Waals surface area (Å²) in [5, 5.41) is 14.7. The molecule has 2 amide bonds. The van der Waals surface area contributed by atoms with Crippen molar-refractivity contribution in [2.75, 3.05) is 10.6 Å². The van der Waals surface area contributed by atoms with Crippen LogP contribution in [0.5, 0.6) is 5.75 Å². The maximum atomic E-state index is 12.5. The van der Waals surface area contributed by atoms with Crippen molar-refractivity contribution in [3.63, 3.8) is 0 Å². The molecule has 3 aromatic carbocycles. The van der Waals surface area contributed by atoms with Crippen LogP contribution < -0.4 is 15.4 Å². The van der Waals surface area contributed by atoms with Crippen molar-refractivity contribution in [1.82, 2.24) is 0 Å². The highest BCUT2D eigenvalue weighted by Crippen LogP contribution is 2.18. The smallest absolute Gasteiger partial charge is 0.266 e. The summed E-state index contributed by atoms with van der Waals surface area (Å²) in [4.78, 5) is 23.5. The monoisotopic (exact) mass is 425 g/mol. The largest absolute Gasteiger partial charge is 0.489 e. The molecule has 0 fully saturated rings. The number of hydrogen-bond acceptors (Lipinski definition) is 4. The van der Waals surface area contributed by atoms with E-state index in [4.69, 9.17) is 4.74 Å². The van der Waals surface area contributed by atoms with E-state index in [1.807, 2.05) is 37.3 Å². The first-order chi connectivity index (χ1) is 15.4. The van der Waals surface area contributed by atoms with Gasteiger partial charge in [-0.3, -0.25) is 9.59 Å². The fourth-order valence-corrected chi connectivity index (χ4v) is 2.87. The number of benzene rings is 3. The van der Waals surface area contributed by atoms with E-state index in [9.17, 15) is 14.9 Å². The molecular weight excluding hydrogens is 402 g/mol. The Morgan fingerprint density at radius 3 is 2.06 bits per heavy atom. The van der Waals surface area contributed by atoms with Crippen LogP contribution in [0.4, 0.5) is 11.4 Å². The van der Waals surface area contributed by atoms with Crippen LogP contribution in [0.3, 0.4) is 0 Å². The number of nitrogens with zero attached hydrogens (tertiary/aromatic N) is 1. The number of carbonyl (C=O) groups is 2. The number of carbonyl (C=O) groups excluding carboxylic acids is 2. The van der Waals surface area contributed by atoms with Crippen molar-refractivity contribution in [2.45, 2.75) is 20.5 Å². The number of ether oxygens (including phenoxy) is 1. The molecule has 0 aliphatic carbocycles. The van der Waals surface area contributed by atoms with Gasteiger partial charge in [-0.15, -0.1) is 0 Å². The van der Waals surface area contributed by atoms with Gasteiger partial charge in [0, 0.05) is 18.3 Å². The molecule has 0 aliphatic heterocycles. The van der Waals surface area contributed by atoms with Crippen LogP contribution in [0.15, 0.2) is 78.4 Å². The zero-order valence-electron chi connectivity index (χ0n) is 17.9. The van der Waals surface area contributed by atoms with Crippen LogP contribution in [0.25, 0.3) is 6.08 Å². The predicted octanol–water partition coefficient (Wildman–Crippen LogP) is 5.08. The second-order valence-corrected chi connectivity index (χ2v) is 7.23. The molecule has 0 unspecified atom stereocenters. The number of aryl methyl sites for hydroxylation is 1. The molecule has 3 rings (SSSR count). The van der Waals surface area contributed by atoms with E-state index < -0.39 is 5.91 Å².